The SMILES string of the molecule is CCc1ccc(CNc2ccc(C(N)=O)nn2)cc1. The molecule has 0 atom stereocenters. The number of benzene rings is 1. The molecule has 3 N–H and O–H groups in total. The van der Waals surface area contributed by atoms with Crippen molar-refractivity contribution in [1.82, 2.24) is 10.2 Å². The van der Waals surface area contributed by atoms with Gasteiger partial charge in [-0.05, 0) is 29.7 Å². The van der Waals surface area contributed by atoms with Crippen molar-refractivity contribution < 1.29 is 4.79 Å². The second-order valence-corrected chi connectivity index (χ2v) is 4.19. The highest BCUT2D eigenvalue weighted by Gasteiger charge is 2.02. The molecule has 0 saturated heterocycles. The Labute approximate surface area is 111 Å². The molecule has 0 aliphatic carbocycles. The van der Waals surface area contributed by atoms with Crippen LogP contribution in [0.25, 0.3) is 0 Å². The van der Waals surface area contributed by atoms with E-state index in [1.54, 1.807) is 12.1 Å². The number of aryl methyl sites for hydroxylation is 1. The van der Waals surface area contributed by atoms with E-state index in [1.807, 2.05) is 0 Å². The summed E-state index contributed by atoms with van der Waals surface area (Å²) in [5, 5.41) is 10.8. The third kappa shape index (κ3) is 3.51. The fourth-order valence-electron chi connectivity index (χ4n) is 1.64. The number of amides is 1. The van der Waals surface area contributed by atoms with Crippen LogP contribution in [0.2, 0.25) is 0 Å². The van der Waals surface area contributed by atoms with E-state index in [0.29, 0.717) is 12.4 Å². The molecule has 1 heterocycles. The van der Waals surface area contributed by atoms with Crippen LogP contribution in [0.5, 0.6) is 0 Å². The number of hydrogen-bond donors (Lipinski definition) is 2. The molecule has 0 fully saturated rings. The Morgan fingerprint density at radius 1 is 1.11 bits per heavy atom. The van der Waals surface area contributed by atoms with Gasteiger partial charge in [-0.15, -0.1) is 10.2 Å². The van der Waals surface area contributed by atoms with E-state index >= 15 is 0 Å². The summed E-state index contributed by atoms with van der Waals surface area (Å²) >= 11 is 0. The average Bonchev–Trinajstić information content (AvgIpc) is 2.46. The van der Waals surface area contributed by atoms with Gasteiger partial charge in [0.25, 0.3) is 5.91 Å². The fourth-order valence-corrected chi connectivity index (χ4v) is 1.64. The molecule has 0 unspecified atom stereocenters. The number of carbonyl (C=O) groups is 1. The van der Waals surface area contributed by atoms with E-state index in [-0.39, 0.29) is 5.69 Å². The third-order valence-corrected chi connectivity index (χ3v) is 2.82. The first kappa shape index (κ1) is 13.0. The topological polar surface area (TPSA) is 80.9 Å². The van der Waals surface area contributed by atoms with Crippen molar-refractivity contribution in [3.05, 3.63) is 53.2 Å². The molecule has 5 heteroatoms. The molecular formula is C14H16N4O. The van der Waals surface area contributed by atoms with Crippen molar-refractivity contribution >= 4 is 11.7 Å². The van der Waals surface area contributed by atoms with E-state index in [4.69, 9.17) is 5.73 Å². The number of nitrogens with one attached hydrogen (secondary N) is 1. The molecule has 98 valence electrons. The van der Waals surface area contributed by atoms with Gasteiger partial charge in [-0.3, -0.25) is 4.79 Å². The van der Waals surface area contributed by atoms with Crippen molar-refractivity contribution in [2.75, 3.05) is 5.32 Å². The lowest BCUT2D eigenvalue weighted by Gasteiger charge is -2.06. The molecule has 5 nitrogen and oxygen atoms in total. The van der Waals surface area contributed by atoms with Gasteiger partial charge in [-0.1, -0.05) is 31.2 Å². The van der Waals surface area contributed by atoms with Crippen LogP contribution in [0.3, 0.4) is 0 Å². The number of nitrogens with two attached hydrogens (primary N) is 1. The highest BCUT2D eigenvalue weighted by Crippen LogP contribution is 2.08. The number of primary amides is 1. The van der Waals surface area contributed by atoms with Crippen LogP contribution in [0, 0.1) is 0 Å². The van der Waals surface area contributed by atoms with Crippen LogP contribution in [-0.4, -0.2) is 16.1 Å². The maximum absolute atomic E-state index is 10.9. The first-order valence-electron chi connectivity index (χ1n) is 6.14. The lowest BCUT2D eigenvalue weighted by Crippen LogP contribution is -2.14. The Morgan fingerprint density at radius 3 is 2.32 bits per heavy atom. The highest BCUT2D eigenvalue weighted by molar-refractivity contribution is 5.90. The van der Waals surface area contributed by atoms with Crippen LogP contribution < -0.4 is 11.1 Å². The molecule has 0 spiro atoms. The predicted octanol–water partition coefficient (Wildman–Crippen LogP) is 1.75. The average molecular weight is 256 g/mol. The number of nitrogens with zero attached hydrogens (tertiary/aromatic N) is 2. The molecule has 0 bridgehead atoms. The summed E-state index contributed by atoms with van der Waals surface area (Å²) in [5.41, 5.74) is 7.74. The van der Waals surface area contributed by atoms with Crippen LogP contribution >= 0.6 is 0 Å². The van der Waals surface area contributed by atoms with Crippen LogP contribution in [-0.2, 0) is 13.0 Å². The summed E-state index contributed by atoms with van der Waals surface area (Å²) in [6, 6.07) is 11.6. The van der Waals surface area contributed by atoms with E-state index in [1.165, 1.54) is 5.56 Å². The summed E-state index contributed by atoms with van der Waals surface area (Å²) in [6.45, 7) is 2.79. The largest absolute Gasteiger partial charge is 0.365 e. The van der Waals surface area contributed by atoms with Gasteiger partial charge in [-0.25, -0.2) is 0 Å². The summed E-state index contributed by atoms with van der Waals surface area (Å²) in [7, 11) is 0. The number of rotatable bonds is 5. The maximum Gasteiger partial charge on any atom is 0.269 e. The van der Waals surface area contributed by atoms with Gasteiger partial charge in [0.05, 0.1) is 0 Å². The van der Waals surface area contributed by atoms with Crippen molar-refractivity contribution in [3.63, 3.8) is 0 Å². The number of anilines is 1. The van der Waals surface area contributed by atoms with E-state index in [9.17, 15) is 4.79 Å². The van der Waals surface area contributed by atoms with Crippen LogP contribution in [0.4, 0.5) is 5.82 Å². The quantitative estimate of drug-likeness (QED) is 0.854. The minimum atomic E-state index is -0.575. The molecular weight excluding hydrogens is 240 g/mol. The van der Waals surface area contributed by atoms with Gasteiger partial charge >= 0.3 is 0 Å². The Hall–Kier alpha value is -2.43. The van der Waals surface area contributed by atoms with Crippen molar-refractivity contribution in [2.24, 2.45) is 5.73 Å². The predicted molar refractivity (Wildman–Crippen MR) is 73.7 cm³/mol. The summed E-state index contributed by atoms with van der Waals surface area (Å²) in [4.78, 5) is 10.9. The number of carbonyl (C=O) groups excluding carboxylic acids is 1. The molecule has 1 aromatic heterocycles. The Morgan fingerprint density at radius 2 is 1.79 bits per heavy atom. The highest BCUT2D eigenvalue weighted by atomic mass is 16.1. The molecule has 2 aromatic rings. The van der Waals surface area contributed by atoms with Gasteiger partial charge in [0, 0.05) is 6.54 Å². The minimum Gasteiger partial charge on any atom is -0.365 e. The monoisotopic (exact) mass is 256 g/mol. The van der Waals surface area contributed by atoms with Crippen LogP contribution in [0.1, 0.15) is 28.5 Å². The summed E-state index contributed by atoms with van der Waals surface area (Å²) < 4.78 is 0. The van der Waals surface area contributed by atoms with Crippen LogP contribution in [0.15, 0.2) is 36.4 Å². The second kappa shape index (κ2) is 5.95. The van der Waals surface area contributed by atoms with Crippen molar-refractivity contribution in [3.8, 4) is 0 Å². The molecule has 1 aromatic carbocycles. The smallest absolute Gasteiger partial charge is 0.269 e. The molecule has 0 saturated carbocycles. The van der Waals surface area contributed by atoms with Gasteiger partial charge in [0.15, 0.2) is 5.69 Å². The Kier molecular flexibility index (Phi) is 4.07. The zero-order valence-corrected chi connectivity index (χ0v) is 10.8. The zero-order valence-electron chi connectivity index (χ0n) is 10.8. The molecule has 0 radical (unpaired) electrons. The van der Waals surface area contributed by atoms with Gasteiger partial charge in [0.2, 0.25) is 0 Å². The molecule has 1 amide bonds. The van der Waals surface area contributed by atoms with Crippen molar-refractivity contribution in [2.45, 2.75) is 19.9 Å². The first-order valence-corrected chi connectivity index (χ1v) is 6.14. The molecule has 0 aliphatic rings. The molecule has 2 rings (SSSR count). The lowest BCUT2D eigenvalue weighted by molar-refractivity contribution is 0.0994. The minimum absolute atomic E-state index is 0.165. The first-order chi connectivity index (χ1) is 9.19. The summed E-state index contributed by atoms with van der Waals surface area (Å²) in [5.74, 6) is 0.0405. The third-order valence-electron chi connectivity index (χ3n) is 2.82. The Bertz CT molecular complexity index is 549. The molecule has 19 heavy (non-hydrogen) atoms. The van der Waals surface area contributed by atoms with E-state index in [0.717, 1.165) is 12.0 Å². The van der Waals surface area contributed by atoms with E-state index < -0.39 is 5.91 Å². The van der Waals surface area contributed by atoms with Gasteiger partial charge < -0.3 is 11.1 Å². The standard InChI is InChI=1S/C14H16N4O/c1-2-10-3-5-11(6-4-10)9-16-13-8-7-12(14(15)19)17-18-13/h3-8H,2,9H2,1H3,(H2,15,19)(H,16,18). The number of aromatic nitrogens is 2. The van der Waals surface area contributed by atoms with Gasteiger partial charge in [0.1, 0.15) is 5.82 Å². The number of hydrogen-bond acceptors (Lipinski definition) is 4. The Balaban J connectivity index is 1.95. The maximum atomic E-state index is 10.9. The fraction of sp³-hybridized carbons (Fsp3) is 0.214. The van der Waals surface area contributed by atoms with E-state index in [2.05, 4.69) is 46.7 Å². The molecule has 0 aliphatic heterocycles. The zero-order chi connectivity index (χ0) is 13.7. The van der Waals surface area contributed by atoms with Crippen molar-refractivity contribution in [1.29, 1.82) is 0 Å². The lowest BCUT2D eigenvalue weighted by atomic mass is 10.1. The van der Waals surface area contributed by atoms with Gasteiger partial charge in [-0.2, -0.15) is 0 Å². The summed E-state index contributed by atoms with van der Waals surface area (Å²) in [6.07, 6.45) is 1.04. The normalized spacial score (nSPS) is 10.2. The second-order valence-electron chi connectivity index (χ2n) is 4.19.